The number of likely N-dealkylation sites (N-methyl/N-ethyl adjacent to an activating group) is 1. The van der Waals surface area contributed by atoms with Crippen molar-refractivity contribution in [2.24, 2.45) is 0 Å². The molecule has 0 spiro atoms. The van der Waals surface area contributed by atoms with E-state index in [4.69, 9.17) is 0 Å². The summed E-state index contributed by atoms with van der Waals surface area (Å²) in [6, 6.07) is 0. The molecule has 4 nitrogen and oxygen atoms in total. The first kappa shape index (κ1) is 13.5. The number of amides is 1. The Balaban J connectivity index is 2.31. The van der Waals surface area contributed by atoms with Gasteiger partial charge in [0.05, 0.1) is 5.60 Å². The molecule has 1 N–H and O–H groups in total. The molecule has 1 heterocycles. The molecule has 1 amide bonds. The van der Waals surface area contributed by atoms with Gasteiger partial charge in [-0.3, -0.25) is 9.69 Å². The van der Waals surface area contributed by atoms with Crippen molar-refractivity contribution < 1.29 is 9.90 Å². The summed E-state index contributed by atoms with van der Waals surface area (Å²) in [6.07, 6.45) is 1.70. The Morgan fingerprint density at radius 1 is 1.50 bits per heavy atom. The maximum absolute atomic E-state index is 11.4. The third-order valence-electron chi connectivity index (χ3n) is 2.92. The van der Waals surface area contributed by atoms with E-state index in [-0.39, 0.29) is 5.91 Å². The highest BCUT2D eigenvalue weighted by Crippen LogP contribution is 2.10. The molecule has 16 heavy (non-hydrogen) atoms. The van der Waals surface area contributed by atoms with Gasteiger partial charge in [-0.05, 0) is 26.8 Å². The Morgan fingerprint density at radius 3 is 2.62 bits per heavy atom. The summed E-state index contributed by atoms with van der Waals surface area (Å²) in [4.78, 5) is 15.5. The van der Waals surface area contributed by atoms with E-state index in [1.165, 1.54) is 0 Å². The van der Waals surface area contributed by atoms with Crippen LogP contribution in [0.3, 0.4) is 0 Å². The van der Waals surface area contributed by atoms with Gasteiger partial charge in [-0.2, -0.15) is 0 Å². The summed E-state index contributed by atoms with van der Waals surface area (Å²) in [5.74, 6) is 0.277. The van der Waals surface area contributed by atoms with Crippen molar-refractivity contribution in [2.75, 3.05) is 32.7 Å². The molecule has 0 atom stereocenters. The summed E-state index contributed by atoms with van der Waals surface area (Å²) in [5.41, 5.74) is -0.662. The summed E-state index contributed by atoms with van der Waals surface area (Å²) in [5, 5.41) is 9.74. The Hall–Kier alpha value is -0.610. The number of rotatable bonds is 6. The zero-order valence-electron chi connectivity index (χ0n) is 10.7. The van der Waals surface area contributed by atoms with E-state index in [2.05, 4.69) is 11.8 Å². The van der Waals surface area contributed by atoms with Gasteiger partial charge in [0.25, 0.3) is 0 Å². The minimum Gasteiger partial charge on any atom is -0.389 e. The molecule has 1 fully saturated rings. The molecule has 0 aromatic carbocycles. The number of likely N-dealkylation sites (tertiary alicyclic amines) is 1. The first-order valence-corrected chi connectivity index (χ1v) is 6.15. The summed E-state index contributed by atoms with van der Waals surface area (Å²) < 4.78 is 0. The number of carbonyl (C=O) groups excluding carboxylic acids is 1. The van der Waals surface area contributed by atoms with Crippen LogP contribution in [-0.2, 0) is 4.79 Å². The van der Waals surface area contributed by atoms with Crippen LogP contribution in [0.2, 0.25) is 0 Å². The molecule has 1 aliphatic heterocycles. The van der Waals surface area contributed by atoms with E-state index in [1.54, 1.807) is 0 Å². The van der Waals surface area contributed by atoms with Crippen LogP contribution in [0.5, 0.6) is 0 Å². The molecular formula is C12H24N2O2. The largest absolute Gasteiger partial charge is 0.389 e. The second-order valence-electron chi connectivity index (χ2n) is 5.17. The van der Waals surface area contributed by atoms with Gasteiger partial charge in [0.1, 0.15) is 0 Å². The van der Waals surface area contributed by atoms with Crippen LogP contribution in [0.25, 0.3) is 0 Å². The van der Waals surface area contributed by atoms with E-state index < -0.39 is 5.60 Å². The van der Waals surface area contributed by atoms with Crippen molar-refractivity contribution in [3.8, 4) is 0 Å². The summed E-state index contributed by atoms with van der Waals surface area (Å²) >= 11 is 0. The number of carbonyl (C=O) groups is 1. The van der Waals surface area contributed by atoms with Gasteiger partial charge in [-0.1, -0.05) is 6.92 Å². The number of nitrogens with zero attached hydrogens (tertiary/aromatic N) is 2. The fourth-order valence-corrected chi connectivity index (χ4v) is 2.10. The van der Waals surface area contributed by atoms with Gasteiger partial charge < -0.3 is 10.0 Å². The van der Waals surface area contributed by atoms with Gasteiger partial charge in [0, 0.05) is 32.6 Å². The normalized spacial score (nSPS) is 17.6. The van der Waals surface area contributed by atoms with Gasteiger partial charge in [0.2, 0.25) is 5.91 Å². The average Bonchev–Trinajstić information content (AvgIpc) is 2.57. The zero-order chi connectivity index (χ0) is 12.2. The molecule has 1 rings (SSSR count). The number of hydrogen-bond acceptors (Lipinski definition) is 3. The van der Waals surface area contributed by atoms with Crippen LogP contribution in [-0.4, -0.2) is 59.1 Å². The lowest BCUT2D eigenvalue weighted by atomic mass is 10.1. The summed E-state index contributed by atoms with van der Waals surface area (Å²) in [6.45, 7) is 9.83. The van der Waals surface area contributed by atoms with Crippen LogP contribution in [0, 0.1) is 0 Å². The molecule has 0 aromatic rings. The predicted octanol–water partition coefficient (Wildman–Crippen LogP) is 0.702. The topological polar surface area (TPSA) is 43.8 Å². The van der Waals surface area contributed by atoms with Crippen molar-refractivity contribution in [1.29, 1.82) is 0 Å². The van der Waals surface area contributed by atoms with Crippen molar-refractivity contribution >= 4 is 5.91 Å². The molecule has 0 bridgehead atoms. The lowest BCUT2D eigenvalue weighted by molar-refractivity contribution is -0.127. The lowest BCUT2D eigenvalue weighted by Crippen LogP contribution is -2.42. The van der Waals surface area contributed by atoms with Crippen LogP contribution in [0.15, 0.2) is 0 Å². The third kappa shape index (κ3) is 4.49. The zero-order valence-corrected chi connectivity index (χ0v) is 10.7. The van der Waals surface area contributed by atoms with Gasteiger partial charge in [0.15, 0.2) is 0 Å². The van der Waals surface area contributed by atoms with Gasteiger partial charge >= 0.3 is 0 Å². The van der Waals surface area contributed by atoms with E-state index in [9.17, 15) is 9.90 Å². The highest BCUT2D eigenvalue weighted by atomic mass is 16.3. The smallest absolute Gasteiger partial charge is 0.222 e. The van der Waals surface area contributed by atoms with E-state index in [0.29, 0.717) is 13.0 Å². The molecule has 1 aliphatic rings. The van der Waals surface area contributed by atoms with Crippen LogP contribution >= 0.6 is 0 Å². The highest BCUT2D eigenvalue weighted by Gasteiger charge is 2.22. The second kappa shape index (κ2) is 5.64. The van der Waals surface area contributed by atoms with Crippen LogP contribution in [0.1, 0.15) is 33.6 Å². The number of hydrogen-bond donors (Lipinski definition) is 1. The first-order valence-electron chi connectivity index (χ1n) is 6.15. The van der Waals surface area contributed by atoms with Gasteiger partial charge in [-0.15, -0.1) is 0 Å². The van der Waals surface area contributed by atoms with Crippen molar-refractivity contribution in [1.82, 2.24) is 9.80 Å². The Labute approximate surface area is 98.2 Å². The molecule has 0 unspecified atom stereocenters. The van der Waals surface area contributed by atoms with Crippen molar-refractivity contribution in [2.45, 2.75) is 39.2 Å². The molecular weight excluding hydrogens is 204 g/mol. The second-order valence-corrected chi connectivity index (χ2v) is 5.17. The maximum atomic E-state index is 11.4. The van der Waals surface area contributed by atoms with Crippen molar-refractivity contribution in [3.63, 3.8) is 0 Å². The maximum Gasteiger partial charge on any atom is 0.222 e. The fraction of sp³-hybridized carbons (Fsp3) is 0.917. The fourth-order valence-electron chi connectivity index (χ4n) is 2.10. The van der Waals surface area contributed by atoms with Gasteiger partial charge in [-0.25, -0.2) is 0 Å². The molecule has 0 radical (unpaired) electrons. The lowest BCUT2D eigenvalue weighted by Gasteiger charge is -2.29. The van der Waals surface area contributed by atoms with E-state index >= 15 is 0 Å². The van der Waals surface area contributed by atoms with Crippen molar-refractivity contribution in [3.05, 3.63) is 0 Å². The first-order chi connectivity index (χ1) is 7.42. The standard InChI is InChI=1S/C12H24N2O2/c1-4-13(10-12(2,3)16)8-9-14-7-5-6-11(14)15/h16H,4-10H2,1-3H3. The Kier molecular flexibility index (Phi) is 4.74. The molecule has 0 aliphatic carbocycles. The average molecular weight is 228 g/mol. The quantitative estimate of drug-likeness (QED) is 0.728. The Morgan fingerprint density at radius 2 is 2.19 bits per heavy atom. The molecule has 1 saturated heterocycles. The monoisotopic (exact) mass is 228 g/mol. The minimum absolute atomic E-state index is 0.277. The van der Waals surface area contributed by atoms with Crippen LogP contribution in [0.4, 0.5) is 0 Å². The molecule has 94 valence electrons. The van der Waals surface area contributed by atoms with E-state index in [1.807, 2.05) is 18.7 Å². The minimum atomic E-state index is -0.662. The molecule has 0 aromatic heterocycles. The molecule has 4 heteroatoms. The Bertz CT molecular complexity index is 236. The predicted molar refractivity (Wildman–Crippen MR) is 64.2 cm³/mol. The molecule has 0 saturated carbocycles. The van der Waals surface area contributed by atoms with Crippen LogP contribution < -0.4 is 0 Å². The number of aliphatic hydroxyl groups is 1. The van der Waals surface area contributed by atoms with E-state index in [0.717, 1.165) is 32.6 Å². The summed E-state index contributed by atoms with van der Waals surface area (Å²) in [7, 11) is 0. The SMILES string of the molecule is CCN(CCN1CCCC1=O)CC(C)(C)O. The third-order valence-corrected chi connectivity index (χ3v) is 2.92. The highest BCUT2D eigenvalue weighted by molar-refractivity contribution is 5.78.